The minimum absolute atomic E-state index is 0.232. The summed E-state index contributed by atoms with van der Waals surface area (Å²) < 4.78 is 6.36. The summed E-state index contributed by atoms with van der Waals surface area (Å²) in [7, 11) is 0. The smallest absolute Gasteiger partial charge is 0.0895 e. The summed E-state index contributed by atoms with van der Waals surface area (Å²) in [4.78, 5) is 0. The van der Waals surface area contributed by atoms with Gasteiger partial charge < -0.3 is 4.74 Å². The second kappa shape index (κ2) is 3.36. The number of benzene rings is 2. The van der Waals surface area contributed by atoms with E-state index in [1.165, 1.54) is 27.5 Å². The second-order valence-corrected chi connectivity index (χ2v) is 6.28. The maximum Gasteiger partial charge on any atom is 0.0895 e. The van der Waals surface area contributed by atoms with Crippen molar-refractivity contribution in [2.24, 2.45) is 0 Å². The van der Waals surface area contributed by atoms with E-state index in [9.17, 15) is 0 Å². The fourth-order valence-electron chi connectivity index (χ4n) is 3.50. The van der Waals surface area contributed by atoms with Crippen molar-refractivity contribution in [3.8, 4) is 0 Å². The number of rotatable bonds is 0. The minimum atomic E-state index is -0.235. The Morgan fingerprint density at radius 2 is 1.61 bits per heavy atom. The number of hydrogen-bond acceptors (Lipinski definition) is 1. The molecule has 2 aromatic carbocycles. The lowest BCUT2D eigenvalue weighted by Gasteiger charge is -2.43. The number of ether oxygens (including phenoxy) is 1. The van der Waals surface area contributed by atoms with E-state index < -0.39 is 0 Å². The SMILES string of the molecule is Cc1ccc2cccc3c2c1C(C)(C)OC3(C)C. The van der Waals surface area contributed by atoms with Crippen molar-refractivity contribution < 1.29 is 4.74 Å². The van der Waals surface area contributed by atoms with Crippen LogP contribution in [0.5, 0.6) is 0 Å². The molecule has 94 valence electrons. The molecule has 3 rings (SSSR count). The topological polar surface area (TPSA) is 9.23 Å². The van der Waals surface area contributed by atoms with Crippen molar-refractivity contribution in [1.29, 1.82) is 0 Å². The summed E-state index contributed by atoms with van der Waals surface area (Å²) in [5.74, 6) is 0. The summed E-state index contributed by atoms with van der Waals surface area (Å²) in [5, 5.41) is 2.70. The van der Waals surface area contributed by atoms with E-state index in [2.05, 4.69) is 65.0 Å². The molecule has 0 N–H and O–H groups in total. The Hall–Kier alpha value is -1.34. The molecule has 1 aliphatic heterocycles. The van der Waals surface area contributed by atoms with E-state index in [0.717, 1.165) is 0 Å². The van der Waals surface area contributed by atoms with Crippen molar-refractivity contribution in [1.82, 2.24) is 0 Å². The van der Waals surface area contributed by atoms with Gasteiger partial charge in [0.25, 0.3) is 0 Å². The normalized spacial score (nSPS) is 20.1. The third-order valence-electron chi connectivity index (χ3n) is 4.01. The maximum absolute atomic E-state index is 6.36. The molecule has 0 saturated heterocycles. The third-order valence-corrected chi connectivity index (χ3v) is 4.01. The summed E-state index contributed by atoms with van der Waals surface area (Å²) in [6, 6.07) is 10.9. The Morgan fingerprint density at radius 1 is 0.889 bits per heavy atom. The molecule has 0 unspecified atom stereocenters. The van der Waals surface area contributed by atoms with Crippen LogP contribution in [0, 0.1) is 6.92 Å². The van der Waals surface area contributed by atoms with Crippen LogP contribution in [0.3, 0.4) is 0 Å². The lowest BCUT2D eigenvalue weighted by molar-refractivity contribution is -0.136. The first kappa shape index (κ1) is 11.7. The average Bonchev–Trinajstić information content (AvgIpc) is 2.24. The number of aryl methyl sites for hydroxylation is 1. The summed E-state index contributed by atoms with van der Waals surface area (Å²) in [6.07, 6.45) is 0. The van der Waals surface area contributed by atoms with E-state index in [1.807, 2.05) is 0 Å². The lowest BCUT2D eigenvalue weighted by atomic mass is 9.79. The highest BCUT2D eigenvalue weighted by Gasteiger charge is 2.40. The van der Waals surface area contributed by atoms with E-state index in [-0.39, 0.29) is 11.2 Å². The van der Waals surface area contributed by atoms with Gasteiger partial charge in [-0.25, -0.2) is 0 Å². The Morgan fingerprint density at radius 3 is 2.33 bits per heavy atom. The highest BCUT2D eigenvalue weighted by atomic mass is 16.5. The van der Waals surface area contributed by atoms with Crippen LogP contribution in [0.15, 0.2) is 30.3 Å². The molecule has 0 bridgehead atoms. The Bertz CT molecular complexity index is 635. The molecule has 0 spiro atoms. The van der Waals surface area contributed by atoms with Gasteiger partial charge in [0, 0.05) is 0 Å². The zero-order valence-electron chi connectivity index (χ0n) is 11.8. The molecule has 1 heteroatoms. The molecule has 0 aromatic heterocycles. The van der Waals surface area contributed by atoms with Gasteiger partial charge in [-0.1, -0.05) is 30.3 Å². The van der Waals surface area contributed by atoms with Gasteiger partial charge in [0.15, 0.2) is 0 Å². The van der Waals surface area contributed by atoms with Gasteiger partial charge in [-0.2, -0.15) is 0 Å². The van der Waals surface area contributed by atoms with Crippen LogP contribution in [-0.4, -0.2) is 0 Å². The van der Waals surface area contributed by atoms with Crippen molar-refractivity contribution in [3.63, 3.8) is 0 Å². The molecule has 0 fully saturated rings. The van der Waals surface area contributed by atoms with Gasteiger partial charge in [0.05, 0.1) is 11.2 Å². The largest absolute Gasteiger partial charge is 0.360 e. The van der Waals surface area contributed by atoms with Gasteiger partial charge in [-0.05, 0) is 62.1 Å². The predicted octanol–water partition coefficient (Wildman–Crippen LogP) is 4.65. The van der Waals surface area contributed by atoms with Gasteiger partial charge in [0.1, 0.15) is 0 Å². The molecule has 1 nitrogen and oxygen atoms in total. The van der Waals surface area contributed by atoms with Crippen LogP contribution < -0.4 is 0 Å². The minimum Gasteiger partial charge on any atom is -0.360 e. The van der Waals surface area contributed by atoms with Crippen LogP contribution in [0.25, 0.3) is 10.8 Å². The van der Waals surface area contributed by atoms with Crippen LogP contribution >= 0.6 is 0 Å². The molecule has 0 aliphatic carbocycles. The van der Waals surface area contributed by atoms with E-state index in [1.54, 1.807) is 0 Å². The van der Waals surface area contributed by atoms with E-state index in [0.29, 0.717) is 0 Å². The van der Waals surface area contributed by atoms with E-state index >= 15 is 0 Å². The van der Waals surface area contributed by atoms with Crippen molar-refractivity contribution in [2.75, 3.05) is 0 Å². The monoisotopic (exact) mass is 240 g/mol. The highest BCUT2D eigenvalue weighted by molar-refractivity contribution is 5.92. The molecule has 0 saturated carbocycles. The number of hydrogen-bond donors (Lipinski definition) is 0. The van der Waals surface area contributed by atoms with Gasteiger partial charge in [-0.3, -0.25) is 0 Å². The van der Waals surface area contributed by atoms with Crippen LogP contribution in [0.1, 0.15) is 44.4 Å². The van der Waals surface area contributed by atoms with Gasteiger partial charge in [0.2, 0.25) is 0 Å². The highest BCUT2D eigenvalue weighted by Crippen LogP contribution is 2.47. The van der Waals surface area contributed by atoms with Crippen LogP contribution in [0.2, 0.25) is 0 Å². The van der Waals surface area contributed by atoms with Crippen LogP contribution in [0.4, 0.5) is 0 Å². The first-order chi connectivity index (χ1) is 8.33. The molecular weight excluding hydrogens is 220 g/mol. The molecular formula is C17H20O. The first-order valence-electron chi connectivity index (χ1n) is 6.56. The van der Waals surface area contributed by atoms with Crippen molar-refractivity contribution in [3.05, 3.63) is 47.0 Å². The summed E-state index contributed by atoms with van der Waals surface area (Å²) in [5.41, 5.74) is 3.49. The molecule has 0 amide bonds. The molecule has 2 aromatic rings. The second-order valence-electron chi connectivity index (χ2n) is 6.28. The molecule has 18 heavy (non-hydrogen) atoms. The quantitative estimate of drug-likeness (QED) is 0.651. The van der Waals surface area contributed by atoms with Crippen molar-refractivity contribution in [2.45, 2.75) is 45.8 Å². The first-order valence-corrected chi connectivity index (χ1v) is 6.56. The summed E-state index contributed by atoms with van der Waals surface area (Å²) in [6.45, 7) is 10.8. The summed E-state index contributed by atoms with van der Waals surface area (Å²) >= 11 is 0. The fraction of sp³-hybridized carbons (Fsp3) is 0.412. The molecule has 1 heterocycles. The average molecular weight is 240 g/mol. The fourth-order valence-corrected chi connectivity index (χ4v) is 3.50. The zero-order valence-corrected chi connectivity index (χ0v) is 11.8. The van der Waals surface area contributed by atoms with E-state index in [4.69, 9.17) is 4.74 Å². The third kappa shape index (κ3) is 1.44. The predicted molar refractivity (Wildman–Crippen MR) is 75.8 cm³/mol. The zero-order chi connectivity index (χ0) is 13.1. The standard InChI is InChI=1S/C17H20O/c1-11-9-10-12-7-6-8-13-14(12)15(11)17(4,5)18-16(13,2)3/h6-10H,1-5H3. The van der Waals surface area contributed by atoms with Gasteiger partial charge >= 0.3 is 0 Å². The van der Waals surface area contributed by atoms with Crippen LogP contribution in [-0.2, 0) is 15.9 Å². The Labute approximate surface area is 109 Å². The van der Waals surface area contributed by atoms with Gasteiger partial charge in [-0.15, -0.1) is 0 Å². The Balaban J connectivity index is 2.55. The molecule has 1 aliphatic rings. The lowest BCUT2D eigenvalue weighted by Crippen LogP contribution is -2.38. The molecule has 0 atom stereocenters. The Kier molecular flexibility index (Phi) is 2.19. The molecule has 0 radical (unpaired) electrons. The maximum atomic E-state index is 6.36. The van der Waals surface area contributed by atoms with Crippen molar-refractivity contribution >= 4 is 10.8 Å².